The van der Waals surface area contributed by atoms with Crippen molar-refractivity contribution in [3.8, 4) is 17.2 Å². The van der Waals surface area contributed by atoms with Gasteiger partial charge in [-0.2, -0.15) is 0 Å². The van der Waals surface area contributed by atoms with Crippen molar-refractivity contribution >= 4 is 11.6 Å². The number of amides is 1. The second-order valence-corrected chi connectivity index (χ2v) is 4.95. The number of aromatic hydroxyl groups is 1. The summed E-state index contributed by atoms with van der Waals surface area (Å²) in [5.41, 5.74) is 1.31. The highest BCUT2D eigenvalue weighted by Gasteiger charge is 2.16. The molecule has 0 saturated heterocycles. The van der Waals surface area contributed by atoms with Crippen LogP contribution in [0, 0.1) is 6.92 Å². The fraction of sp³-hybridized carbons (Fsp3) is 0.235. The summed E-state index contributed by atoms with van der Waals surface area (Å²) in [5, 5.41) is 12.4. The number of rotatable bonds is 5. The highest BCUT2D eigenvalue weighted by Crippen LogP contribution is 2.25. The molecule has 5 nitrogen and oxygen atoms in total. The van der Waals surface area contributed by atoms with Gasteiger partial charge in [0.1, 0.15) is 17.2 Å². The Morgan fingerprint density at radius 3 is 2.64 bits per heavy atom. The Kier molecular flexibility index (Phi) is 4.88. The fourth-order valence-electron chi connectivity index (χ4n) is 1.92. The quantitative estimate of drug-likeness (QED) is 0.833. The summed E-state index contributed by atoms with van der Waals surface area (Å²) in [7, 11) is 1.57. The number of carbonyl (C=O) groups excluding carboxylic acids is 1. The fourth-order valence-corrected chi connectivity index (χ4v) is 1.92. The third kappa shape index (κ3) is 3.91. The van der Waals surface area contributed by atoms with Crippen LogP contribution >= 0.6 is 0 Å². The van der Waals surface area contributed by atoms with Crippen molar-refractivity contribution in [2.24, 2.45) is 0 Å². The van der Waals surface area contributed by atoms with Gasteiger partial charge in [-0.05, 0) is 43.7 Å². The molecule has 0 radical (unpaired) electrons. The standard InChI is InChI=1S/C17H19NO4/c1-11-7-8-16(19)15(9-11)18-17(20)12(2)22-14-6-4-5-13(10-14)21-3/h4-10,12,19H,1-3H3,(H,18,20). The zero-order valence-electron chi connectivity index (χ0n) is 12.8. The van der Waals surface area contributed by atoms with E-state index in [1.807, 2.05) is 6.92 Å². The van der Waals surface area contributed by atoms with Gasteiger partial charge in [0.05, 0.1) is 12.8 Å². The van der Waals surface area contributed by atoms with Crippen molar-refractivity contribution < 1.29 is 19.4 Å². The highest BCUT2D eigenvalue weighted by molar-refractivity contribution is 5.95. The maximum absolute atomic E-state index is 12.2. The number of benzene rings is 2. The lowest BCUT2D eigenvalue weighted by molar-refractivity contribution is -0.122. The van der Waals surface area contributed by atoms with Gasteiger partial charge in [0.2, 0.25) is 0 Å². The van der Waals surface area contributed by atoms with E-state index in [1.54, 1.807) is 56.5 Å². The SMILES string of the molecule is COc1cccc(OC(C)C(=O)Nc2cc(C)ccc2O)c1. The number of methoxy groups -OCH3 is 1. The molecule has 1 atom stereocenters. The Morgan fingerprint density at radius 2 is 1.91 bits per heavy atom. The van der Waals surface area contributed by atoms with Gasteiger partial charge in [0, 0.05) is 6.07 Å². The molecule has 0 aliphatic carbocycles. The minimum atomic E-state index is -0.716. The summed E-state index contributed by atoms with van der Waals surface area (Å²) in [6.45, 7) is 3.52. The van der Waals surface area contributed by atoms with Gasteiger partial charge >= 0.3 is 0 Å². The lowest BCUT2D eigenvalue weighted by Gasteiger charge is -2.16. The van der Waals surface area contributed by atoms with E-state index in [1.165, 1.54) is 0 Å². The molecule has 0 saturated carbocycles. The zero-order chi connectivity index (χ0) is 16.1. The van der Waals surface area contributed by atoms with E-state index < -0.39 is 6.10 Å². The number of hydrogen-bond donors (Lipinski definition) is 2. The molecule has 2 N–H and O–H groups in total. The summed E-state index contributed by atoms with van der Waals surface area (Å²) in [4.78, 5) is 12.2. The molecule has 2 rings (SSSR count). The molecule has 1 amide bonds. The molecule has 0 bridgehead atoms. The molecule has 0 aliphatic heterocycles. The molecule has 116 valence electrons. The van der Waals surface area contributed by atoms with Crippen LogP contribution in [0.4, 0.5) is 5.69 Å². The smallest absolute Gasteiger partial charge is 0.265 e. The lowest BCUT2D eigenvalue weighted by atomic mass is 10.2. The maximum atomic E-state index is 12.2. The first-order valence-corrected chi connectivity index (χ1v) is 6.91. The number of phenolic OH excluding ortho intramolecular Hbond substituents is 1. The third-order valence-electron chi connectivity index (χ3n) is 3.13. The number of phenols is 1. The highest BCUT2D eigenvalue weighted by atomic mass is 16.5. The Hall–Kier alpha value is -2.69. The van der Waals surface area contributed by atoms with Gasteiger partial charge in [-0.25, -0.2) is 0 Å². The number of ether oxygens (including phenoxy) is 2. The van der Waals surface area contributed by atoms with E-state index in [-0.39, 0.29) is 11.7 Å². The van der Waals surface area contributed by atoms with E-state index in [9.17, 15) is 9.90 Å². The first-order valence-electron chi connectivity index (χ1n) is 6.91. The first kappa shape index (κ1) is 15.7. The summed E-state index contributed by atoms with van der Waals surface area (Å²) >= 11 is 0. The van der Waals surface area contributed by atoms with Gasteiger partial charge in [-0.1, -0.05) is 12.1 Å². The summed E-state index contributed by atoms with van der Waals surface area (Å²) < 4.78 is 10.7. The molecule has 0 fully saturated rings. The van der Waals surface area contributed by atoms with Crippen LogP contribution in [0.3, 0.4) is 0 Å². The molecule has 0 spiro atoms. The molecular weight excluding hydrogens is 282 g/mol. The molecule has 1 unspecified atom stereocenters. The number of hydrogen-bond acceptors (Lipinski definition) is 4. The molecule has 0 heterocycles. The predicted molar refractivity (Wildman–Crippen MR) is 84.6 cm³/mol. The average molecular weight is 301 g/mol. The van der Waals surface area contributed by atoms with E-state index in [2.05, 4.69) is 5.32 Å². The van der Waals surface area contributed by atoms with Crippen molar-refractivity contribution in [2.45, 2.75) is 20.0 Å². The molecular formula is C17H19NO4. The van der Waals surface area contributed by atoms with Crippen LogP contribution in [-0.4, -0.2) is 24.2 Å². The second kappa shape index (κ2) is 6.85. The number of nitrogens with one attached hydrogen (secondary N) is 1. The van der Waals surface area contributed by atoms with Gasteiger partial charge in [0.25, 0.3) is 5.91 Å². The van der Waals surface area contributed by atoms with Crippen molar-refractivity contribution in [3.05, 3.63) is 48.0 Å². The maximum Gasteiger partial charge on any atom is 0.265 e. The summed E-state index contributed by atoms with van der Waals surface area (Å²) in [6, 6.07) is 12.0. The molecule has 2 aromatic rings. The van der Waals surface area contributed by atoms with Crippen LogP contribution in [0.2, 0.25) is 0 Å². The minimum absolute atomic E-state index is 0.0209. The molecule has 2 aromatic carbocycles. The van der Waals surface area contributed by atoms with Crippen LogP contribution < -0.4 is 14.8 Å². The Morgan fingerprint density at radius 1 is 1.18 bits per heavy atom. The third-order valence-corrected chi connectivity index (χ3v) is 3.13. The normalized spacial score (nSPS) is 11.6. The topological polar surface area (TPSA) is 67.8 Å². The Balaban J connectivity index is 2.04. The monoisotopic (exact) mass is 301 g/mol. The van der Waals surface area contributed by atoms with Crippen molar-refractivity contribution in [1.82, 2.24) is 0 Å². The largest absolute Gasteiger partial charge is 0.506 e. The van der Waals surface area contributed by atoms with Gasteiger partial charge < -0.3 is 19.9 Å². The Labute approximate surface area is 129 Å². The molecule has 22 heavy (non-hydrogen) atoms. The van der Waals surface area contributed by atoms with Crippen LogP contribution in [-0.2, 0) is 4.79 Å². The van der Waals surface area contributed by atoms with E-state index in [0.29, 0.717) is 17.2 Å². The van der Waals surface area contributed by atoms with Crippen molar-refractivity contribution in [3.63, 3.8) is 0 Å². The zero-order valence-corrected chi connectivity index (χ0v) is 12.8. The number of anilines is 1. The first-order chi connectivity index (χ1) is 10.5. The van der Waals surface area contributed by atoms with Crippen molar-refractivity contribution in [1.29, 1.82) is 0 Å². The van der Waals surface area contributed by atoms with Crippen LogP contribution in [0.5, 0.6) is 17.2 Å². The molecule has 5 heteroatoms. The van der Waals surface area contributed by atoms with Crippen LogP contribution in [0.1, 0.15) is 12.5 Å². The lowest BCUT2D eigenvalue weighted by Crippen LogP contribution is -2.30. The number of aryl methyl sites for hydroxylation is 1. The van der Waals surface area contributed by atoms with E-state index in [4.69, 9.17) is 9.47 Å². The minimum Gasteiger partial charge on any atom is -0.506 e. The van der Waals surface area contributed by atoms with Gasteiger partial charge in [0.15, 0.2) is 6.10 Å². The predicted octanol–water partition coefficient (Wildman–Crippen LogP) is 3.12. The van der Waals surface area contributed by atoms with Crippen LogP contribution in [0.25, 0.3) is 0 Å². The summed E-state index contributed by atoms with van der Waals surface area (Å²) in [6.07, 6.45) is -0.716. The van der Waals surface area contributed by atoms with Crippen LogP contribution in [0.15, 0.2) is 42.5 Å². The van der Waals surface area contributed by atoms with Gasteiger partial charge in [-0.15, -0.1) is 0 Å². The van der Waals surface area contributed by atoms with Crippen molar-refractivity contribution in [2.75, 3.05) is 12.4 Å². The van der Waals surface area contributed by atoms with E-state index in [0.717, 1.165) is 5.56 Å². The Bertz CT molecular complexity index is 669. The number of carbonyl (C=O) groups is 1. The second-order valence-electron chi connectivity index (χ2n) is 4.95. The van der Waals surface area contributed by atoms with E-state index >= 15 is 0 Å². The molecule has 0 aliphatic rings. The summed E-state index contributed by atoms with van der Waals surface area (Å²) in [5.74, 6) is 0.869. The van der Waals surface area contributed by atoms with Gasteiger partial charge in [-0.3, -0.25) is 4.79 Å². The molecule has 0 aromatic heterocycles. The average Bonchev–Trinajstić information content (AvgIpc) is 2.51.